The summed E-state index contributed by atoms with van der Waals surface area (Å²) in [4.78, 5) is 1.40. The van der Waals surface area contributed by atoms with E-state index in [0.717, 1.165) is 12.5 Å². The predicted octanol–water partition coefficient (Wildman–Crippen LogP) is 5.27. The smallest absolute Gasteiger partial charge is 0.0137 e. The number of rotatable bonds is 5. The third-order valence-electron chi connectivity index (χ3n) is 5.56. The second-order valence-corrected chi connectivity index (χ2v) is 8.63. The average Bonchev–Trinajstić information content (AvgIpc) is 2.49. The van der Waals surface area contributed by atoms with Gasteiger partial charge in [-0.3, -0.25) is 0 Å². The molecule has 0 aromatic heterocycles. The third-order valence-corrected chi connectivity index (χ3v) is 6.98. The van der Waals surface area contributed by atoms with E-state index in [1.165, 1.54) is 36.1 Å². The molecule has 1 aliphatic carbocycles. The summed E-state index contributed by atoms with van der Waals surface area (Å²) in [6, 6.07) is 8.97. The Bertz CT molecular complexity index is 437. The first-order valence-corrected chi connectivity index (χ1v) is 9.27. The predicted molar refractivity (Wildman–Crippen MR) is 94.8 cm³/mol. The Morgan fingerprint density at radius 2 is 1.86 bits per heavy atom. The van der Waals surface area contributed by atoms with Crippen molar-refractivity contribution in [3.63, 3.8) is 0 Å². The Morgan fingerprint density at radius 1 is 1.19 bits per heavy atom. The topological polar surface area (TPSA) is 26.0 Å². The molecule has 0 radical (unpaired) electrons. The van der Waals surface area contributed by atoms with E-state index in [-0.39, 0.29) is 0 Å². The van der Waals surface area contributed by atoms with E-state index in [2.05, 4.69) is 63.7 Å². The number of nitrogens with two attached hydrogens (primary N) is 1. The van der Waals surface area contributed by atoms with Gasteiger partial charge in [0.1, 0.15) is 0 Å². The van der Waals surface area contributed by atoms with Gasteiger partial charge in [0.2, 0.25) is 0 Å². The molecule has 2 N–H and O–H groups in total. The number of benzene rings is 1. The lowest BCUT2D eigenvalue weighted by molar-refractivity contribution is 0.134. The highest BCUT2D eigenvalue weighted by Gasteiger charge is 2.37. The maximum Gasteiger partial charge on any atom is 0.0137 e. The van der Waals surface area contributed by atoms with E-state index < -0.39 is 0 Å². The number of hydrogen-bond donors (Lipinski definition) is 1. The Hall–Kier alpha value is -0.470. The summed E-state index contributed by atoms with van der Waals surface area (Å²) in [5.74, 6) is 1.52. The average molecular weight is 306 g/mol. The molecule has 0 spiro atoms. The maximum absolute atomic E-state index is 6.05. The van der Waals surface area contributed by atoms with Gasteiger partial charge in [0, 0.05) is 10.1 Å². The van der Waals surface area contributed by atoms with E-state index in [1.807, 2.05) is 0 Å². The van der Waals surface area contributed by atoms with Gasteiger partial charge in [-0.2, -0.15) is 0 Å². The standard InChI is InChI=1S/C19H31NS/c1-5-19(3,4)16-9-8-15(13-20)18(12-16)21-17-10-6-14(2)7-11-17/h6-7,10-11,15-16,18H,5,8-9,12-13,20H2,1-4H3. The Balaban J connectivity index is 2.08. The van der Waals surface area contributed by atoms with E-state index in [1.54, 1.807) is 0 Å². The van der Waals surface area contributed by atoms with Crippen LogP contribution in [-0.4, -0.2) is 11.8 Å². The molecular weight excluding hydrogens is 274 g/mol. The van der Waals surface area contributed by atoms with E-state index >= 15 is 0 Å². The van der Waals surface area contributed by atoms with Crippen molar-refractivity contribution in [3.05, 3.63) is 29.8 Å². The van der Waals surface area contributed by atoms with E-state index in [0.29, 0.717) is 16.6 Å². The van der Waals surface area contributed by atoms with Gasteiger partial charge < -0.3 is 5.73 Å². The van der Waals surface area contributed by atoms with Gasteiger partial charge in [0.25, 0.3) is 0 Å². The number of thioether (sulfide) groups is 1. The summed E-state index contributed by atoms with van der Waals surface area (Å²) >= 11 is 2.06. The van der Waals surface area contributed by atoms with Crippen LogP contribution in [0, 0.1) is 24.2 Å². The summed E-state index contributed by atoms with van der Waals surface area (Å²) in [7, 11) is 0. The monoisotopic (exact) mass is 305 g/mol. The molecule has 1 saturated carbocycles. The highest BCUT2D eigenvalue weighted by molar-refractivity contribution is 8.00. The van der Waals surface area contributed by atoms with Crippen LogP contribution in [0.2, 0.25) is 0 Å². The van der Waals surface area contributed by atoms with Crippen molar-refractivity contribution in [3.8, 4) is 0 Å². The quantitative estimate of drug-likeness (QED) is 0.802. The summed E-state index contributed by atoms with van der Waals surface area (Å²) in [5.41, 5.74) is 7.85. The lowest BCUT2D eigenvalue weighted by atomic mass is 9.67. The molecule has 0 amide bonds. The first-order chi connectivity index (χ1) is 9.96. The van der Waals surface area contributed by atoms with Gasteiger partial charge in [-0.05, 0) is 62.1 Å². The number of hydrogen-bond acceptors (Lipinski definition) is 2. The number of aryl methyl sites for hydroxylation is 1. The second-order valence-electron chi connectivity index (χ2n) is 7.32. The van der Waals surface area contributed by atoms with Gasteiger partial charge in [-0.15, -0.1) is 11.8 Å². The van der Waals surface area contributed by atoms with Crippen molar-refractivity contribution >= 4 is 11.8 Å². The highest BCUT2D eigenvalue weighted by Crippen LogP contribution is 2.46. The van der Waals surface area contributed by atoms with Crippen LogP contribution in [-0.2, 0) is 0 Å². The van der Waals surface area contributed by atoms with Crippen molar-refractivity contribution in [1.29, 1.82) is 0 Å². The van der Waals surface area contributed by atoms with Gasteiger partial charge in [0.15, 0.2) is 0 Å². The maximum atomic E-state index is 6.05. The van der Waals surface area contributed by atoms with E-state index in [4.69, 9.17) is 5.73 Å². The molecule has 1 nitrogen and oxygen atoms in total. The van der Waals surface area contributed by atoms with Crippen molar-refractivity contribution in [2.24, 2.45) is 23.0 Å². The van der Waals surface area contributed by atoms with Crippen molar-refractivity contribution in [1.82, 2.24) is 0 Å². The zero-order valence-electron chi connectivity index (χ0n) is 14.1. The van der Waals surface area contributed by atoms with Crippen LogP contribution in [0.25, 0.3) is 0 Å². The molecule has 3 atom stereocenters. The Morgan fingerprint density at radius 3 is 2.43 bits per heavy atom. The summed E-state index contributed by atoms with van der Waals surface area (Å²) in [6.07, 6.45) is 5.25. The van der Waals surface area contributed by atoms with Crippen LogP contribution < -0.4 is 5.73 Å². The minimum absolute atomic E-state index is 0.464. The highest BCUT2D eigenvalue weighted by atomic mass is 32.2. The van der Waals surface area contributed by atoms with Gasteiger partial charge in [-0.1, -0.05) is 44.9 Å². The molecule has 2 rings (SSSR count). The first kappa shape index (κ1) is 16.9. The molecule has 1 aromatic rings. The molecule has 0 saturated heterocycles. The third kappa shape index (κ3) is 4.26. The molecule has 1 aromatic carbocycles. The molecule has 0 heterocycles. The van der Waals surface area contributed by atoms with Crippen molar-refractivity contribution in [2.75, 3.05) is 6.54 Å². The minimum atomic E-state index is 0.464. The van der Waals surface area contributed by atoms with E-state index in [9.17, 15) is 0 Å². The SMILES string of the molecule is CCC(C)(C)C1CCC(CN)C(Sc2ccc(C)cc2)C1. The van der Waals surface area contributed by atoms with Crippen LogP contribution in [0.15, 0.2) is 29.2 Å². The molecule has 1 aliphatic rings. The normalized spacial score (nSPS) is 26.8. The molecule has 21 heavy (non-hydrogen) atoms. The fraction of sp³-hybridized carbons (Fsp3) is 0.684. The molecule has 118 valence electrons. The molecule has 2 heteroatoms. The Kier molecular flexibility index (Phi) is 5.79. The fourth-order valence-corrected chi connectivity index (χ4v) is 4.81. The van der Waals surface area contributed by atoms with Crippen LogP contribution in [0.5, 0.6) is 0 Å². The zero-order valence-corrected chi connectivity index (χ0v) is 14.9. The lowest BCUT2D eigenvalue weighted by Gasteiger charge is -2.42. The summed E-state index contributed by atoms with van der Waals surface area (Å²) in [5, 5.41) is 0.683. The second kappa shape index (κ2) is 7.19. The summed E-state index contributed by atoms with van der Waals surface area (Å²) in [6.45, 7) is 10.2. The zero-order chi connectivity index (χ0) is 15.5. The fourth-order valence-electron chi connectivity index (χ4n) is 3.40. The first-order valence-electron chi connectivity index (χ1n) is 8.39. The van der Waals surface area contributed by atoms with Crippen LogP contribution in [0.1, 0.15) is 52.0 Å². The van der Waals surface area contributed by atoms with Crippen LogP contribution in [0.3, 0.4) is 0 Å². The molecular formula is C19H31NS. The Labute approximate surface area is 135 Å². The van der Waals surface area contributed by atoms with Crippen molar-refractivity contribution in [2.45, 2.75) is 63.5 Å². The lowest BCUT2D eigenvalue weighted by Crippen LogP contribution is -2.37. The summed E-state index contributed by atoms with van der Waals surface area (Å²) < 4.78 is 0. The van der Waals surface area contributed by atoms with Gasteiger partial charge >= 0.3 is 0 Å². The minimum Gasteiger partial charge on any atom is -0.330 e. The van der Waals surface area contributed by atoms with Crippen LogP contribution >= 0.6 is 11.8 Å². The van der Waals surface area contributed by atoms with Crippen LogP contribution in [0.4, 0.5) is 0 Å². The van der Waals surface area contributed by atoms with Gasteiger partial charge in [-0.25, -0.2) is 0 Å². The largest absolute Gasteiger partial charge is 0.330 e. The molecule has 1 fully saturated rings. The van der Waals surface area contributed by atoms with Gasteiger partial charge in [0.05, 0.1) is 0 Å². The van der Waals surface area contributed by atoms with Crippen molar-refractivity contribution < 1.29 is 0 Å². The molecule has 0 bridgehead atoms. The molecule has 3 unspecified atom stereocenters. The molecule has 0 aliphatic heterocycles.